The highest BCUT2D eigenvalue weighted by Crippen LogP contribution is 2.35. The van der Waals surface area contributed by atoms with E-state index in [-0.39, 0.29) is 5.82 Å². The molecule has 0 aliphatic carbocycles. The molecule has 0 bridgehead atoms. The molecule has 0 fully saturated rings. The molecule has 19 heavy (non-hydrogen) atoms. The summed E-state index contributed by atoms with van der Waals surface area (Å²) in [6, 6.07) is 9.55. The van der Waals surface area contributed by atoms with Gasteiger partial charge in [0.2, 0.25) is 0 Å². The highest BCUT2D eigenvalue weighted by atomic mass is 79.9. The van der Waals surface area contributed by atoms with Crippen molar-refractivity contribution in [2.45, 2.75) is 13.0 Å². The van der Waals surface area contributed by atoms with Gasteiger partial charge in [-0.3, -0.25) is 0 Å². The standard InChI is InChI=1S/C14H11Br2FO2/c1-8(18)11-4-2-9(15)6-14(11)19-13-5-3-10(17)7-12(13)16/h2-8,18H,1H3. The summed E-state index contributed by atoms with van der Waals surface area (Å²) in [6.07, 6.45) is -0.651. The zero-order valence-corrected chi connectivity index (χ0v) is 13.2. The van der Waals surface area contributed by atoms with Gasteiger partial charge in [-0.15, -0.1) is 0 Å². The largest absolute Gasteiger partial charge is 0.456 e. The lowest BCUT2D eigenvalue weighted by Gasteiger charge is -2.14. The Morgan fingerprint density at radius 1 is 1.11 bits per heavy atom. The van der Waals surface area contributed by atoms with Gasteiger partial charge in [-0.2, -0.15) is 0 Å². The number of aliphatic hydroxyl groups excluding tert-OH is 1. The Hall–Kier alpha value is -0.910. The molecule has 5 heteroatoms. The zero-order valence-electron chi connectivity index (χ0n) is 10.0. The molecule has 1 N–H and O–H groups in total. The van der Waals surface area contributed by atoms with Gasteiger partial charge in [-0.05, 0) is 53.2 Å². The first kappa shape index (κ1) is 14.5. The third-order valence-corrected chi connectivity index (χ3v) is 3.65. The van der Waals surface area contributed by atoms with Crippen LogP contribution in [0, 0.1) is 5.82 Å². The molecule has 2 rings (SSSR count). The Kier molecular flexibility index (Phi) is 4.60. The third kappa shape index (κ3) is 3.55. The average molecular weight is 390 g/mol. The van der Waals surface area contributed by atoms with Crippen molar-refractivity contribution in [3.63, 3.8) is 0 Å². The van der Waals surface area contributed by atoms with Gasteiger partial charge in [0, 0.05) is 10.0 Å². The summed E-state index contributed by atoms with van der Waals surface area (Å²) >= 11 is 6.60. The molecule has 0 spiro atoms. The lowest BCUT2D eigenvalue weighted by molar-refractivity contribution is 0.195. The molecule has 2 aromatic rings. The maximum absolute atomic E-state index is 13.0. The molecule has 1 unspecified atom stereocenters. The van der Waals surface area contributed by atoms with E-state index >= 15 is 0 Å². The van der Waals surface area contributed by atoms with Gasteiger partial charge in [0.1, 0.15) is 17.3 Å². The number of rotatable bonds is 3. The van der Waals surface area contributed by atoms with Gasteiger partial charge in [0.05, 0.1) is 10.6 Å². The van der Waals surface area contributed by atoms with Crippen LogP contribution in [0.2, 0.25) is 0 Å². The normalized spacial score (nSPS) is 12.3. The summed E-state index contributed by atoms with van der Waals surface area (Å²) in [5.74, 6) is 0.669. The Labute approximate surface area is 127 Å². The third-order valence-electron chi connectivity index (χ3n) is 2.54. The second-order valence-corrected chi connectivity index (χ2v) is 5.80. The molecule has 2 aromatic carbocycles. The van der Waals surface area contributed by atoms with Crippen molar-refractivity contribution >= 4 is 31.9 Å². The average Bonchev–Trinajstić information content (AvgIpc) is 2.32. The van der Waals surface area contributed by atoms with Crippen molar-refractivity contribution < 1.29 is 14.2 Å². The fourth-order valence-electron chi connectivity index (χ4n) is 1.62. The number of benzene rings is 2. The van der Waals surface area contributed by atoms with Crippen LogP contribution in [0.5, 0.6) is 11.5 Å². The molecule has 0 aliphatic rings. The van der Waals surface area contributed by atoms with Gasteiger partial charge < -0.3 is 9.84 Å². The van der Waals surface area contributed by atoms with Crippen molar-refractivity contribution in [3.05, 3.63) is 56.7 Å². The van der Waals surface area contributed by atoms with Crippen LogP contribution in [0.4, 0.5) is 4.39 Å². The van der Waals surface area contributed by atoms with Crippen LogP contribution < -0.4 is 4.74 Å². The summed E-state index contributed by atoms with van der Waals surface area (Å²) in [7, 11) is 0. The summed E-state index contributed by atoms with van der Waals surface area (Å²) < 4.78 is 20.1. The van der Waals surface area contributed by atoms with Crippen LogP contribution in [0.25, 0.3) is 0 Å². The second kappa shape index (κ2) is 6.03. The van der Waals surface area contributed by atoms with E-state index in [4.69, 9.17) is 4.74 Å². The number of aliphatic hydroxyl groups is 1. The van der Waals surface area contributed by atoms with Crippen molar-refractivity contribution in [1.29, 1.82) is 0 Å². The molecule has 0 radical (unpaired) electrons. The Morgan fingerprint density at radius 2 is 1.84 bits per heavy atom. The fourth-order valence-corrected chi connectivity index (χ4v) is 2.39. The smallest absolute Gasteiger partial charge is 0.141 e. The zero-order chi connectivity index (χ0) is 14.0. The molecular weight excluding hydrogens is 379 g/mol. The highest BCUT2D eigenvalue weighted by molar-refractivity contribution is 9.10. The van der Waals surface area contributed by atoms with Gasteiger partial charge in [0.25, 0.3) is 0 Å². The molecule has 0 saturated heterocycles. The van der Waals surface area contributed by atoms with Crippen LogP contribution in [0.15, 0.2) is 45.3 Å². The van der Waals surface area contributed by atoms with E-state index in [0.29, 0.717) is 21.5 Å². The Balaban J connectivity index is 2.39. The number of hydrogen-bond donors (Lipinski definition) is 1. The van der Waals surface area contributed by atoms with Crippen LogP contribution in [-0.2, 0) is 0 Å². The molecule has 0 heterocycles. The maximum atomic E-state index is 13.0. The highest BCUT2D eigenvalue weighted by Gasteiger charge is 2.12. The lowest BCUT2D eigenvalue weighted by atomic mass is 10.1. The van der Waals surface area contributed by atoms with Crippen molar-refractivity contribution in [2.24, 2.45) is 0 Å². The SMILES string of the molecule is CC(O)c1ccc(Br)cc1Oc1ccc(F)cc1Br. The second-order valence-electron chi connectivity index (χ2n) is 4.03. The predicted octanol–water partition coefficient (Wildman–Crippen LogP) is 5.20. The minimum Gasteiger partial charge on any atom is -0.456 e. The molecular formula is C14H11Br2FO2. The van der Waals surface area contributed by atoms with E-state index in [9.17, 15) is 9.50 Å². The monoisotopic (exact) mass is 388 g/mol. The molecule has 0 aromatic heterocycles. The summed E-state index contributed by atoms with van der Waals surface area (Å²) in [4.78, 5) is 0. The van der Waals surface area contributed by atoms with Crippen LogP contribution >= 0.6 is 31.9 Å². The van der Waals surface area contributed by atoms with E-state index < -0.39 is 6.10 Å². The molecule has 0 aliphatic heterocycles. The molecule has 100 valence electrons. The van der Waals surface area contributed by atoms with Crippen molar-refractivity contribution in [2.75, 3.05) is 0 Å². The first-order valence-electron chi connectivity index (χ1n) is 5.58. The number of halogens is 3. The quantitative estimate of drug-likeness (QED) is 0.781. The minimum atomic E-state index is -0.651. The van der Waals surface area contributed by atoms with Crippen LogP contribution in [0.1, 0.15) is 18.6 Å². The van der Waals surface area contributed by atoms with Crippen LogP contribution in [-0.4, -0.2) is 5.11 Å². The summed E-state index contributed by atoms with van der Waals surface area (Å²) in [6.45, 7) is 1.66. The van der Waals surface area contributed by atoms with E-state index in [2.05, 4.69) is 31.9 Å². The van der Waals surface area contributed by atoms with Gasteiger partial charge >= 0.3 is 0 Å². The number of ether oxygens (including phenoxy) is 1. The first-order valence-corrected chi connectivity index (χ1v) is 7.16. The van der Waals surface area contributed by atoms with Crippen molar-refractivity contribution in [3.8, 4) is 11.5 Å². The minimum absolute atomic E-state index is 0.343. The summed E-state index contributed by atoms with van der Waals surface area (Å²) in [5, 5.41) is 9.72. The molecule has 0 amide bonds. The molecule has 0 saturated carbocycles. The predicted molar refractivity (Wildman–Crippen MR) is 78.9 cm³/mol. The first-order chi connectivity index (χ1) is 8.97. The van der Waals surface area contributed by atoms with E-state index in [0.717, 1.165) is 4.47 Å². The van der Waals surface area contributed by atoms with E-state index in [1.807, 2.05) is 6.07 Å². The fraction of sp³-hybridized carbons (Fsp3) is 0.143. The molecule has 1 atom stereocenters. The van der Waals surface area contributed by atoms with Crippen LogP contribution in [0.3, 0.4) is 0 Å². The topological polar surface area (TPSA) is 29.5 Å². The van der Waals surface area contributed by atoms with E-state index in [1.165, 1.54) is 18.2 Å². The Morgan fingerprint density at radius 3 is 2.47 bits per heavy atom. The molecule has 2 nitrogen and oxygen atoms in total. The van der Waals surface area contributed by atoms with E-state index in [1.54, 1.807) is 19.1 Å². The van der Waals surface area contributed by atoms with Gasteiger partial charge in [0.15, 0.2) is 0 Å². The van der Waals surface area contributed by atoms with Crippen molar-refractivity contribution in [1.82, 2.24) is 0 Å². The lowest BCUT2D eigenvalue weighted by Crippen LogP contribution is -1.96. The number of hydrogen-bond acceptors (Lipinski definition) is 2. The van der Waals surface area contributed by atoms with Gasteiger partial charge in [-0.1, -0.05) is 22.0 Å². The Bertz CT molecular complexity index is 600. The maximum Gasteiger partial charge on any atom is 0.141 e. The summed E-state index contributed by atoms with van der Waals surface area (Å²) in [5.41, 5.74) is 0.666. The van der Waals surface area contributed by atoms with Gasteiger partial charge in [-0.25, -0.2) is 4.39 Å².